The number of rotatable bonds is 4. The van der Waals surface area contributed by atoms with Gasteiger partial charge in [-0.15, -0.1) is 10.2 Å². The van der Waals surface area contributed by atoms with E-state index in [1.807, 2.05) is 0 Å². The lowest BCUT2D eigenvalue weighted by molar-refractivity contribution is 0.102. The van der Waals surface area contributed by atoms with Gasteiger partial charge in [-0.05, 0) is 31.2 Å². The third kappa shape index (κ3) is 3.65. The molecule has 0 amide bonds. The fraction of sp³-hybridized carbons (Fsp3) is 0.167. The number of Topliss-reactive ketones (excluding diaryl/α,β-unsaturated/α-hetero) is 1. The first-order valence-electron chi connectivity index (χ1n) is 5.41. The Morgan fingerprint density at radius 2 is 2.00 bits per heavy atom. The van der Waals surface area contributed by atoms with Gasteiger partial charge in [0.05, 0.1) is 5.75 Å². The van der Waals surface area contributed by atoms with Gasteiger partial charge < -0.3 is 0 Å². The molecule has 2 rings (SSSR count). The van der Waals surface area contributed by atoms with E-state index in [9.17, 15) is 9.59 Å². The third-order valence-electron chi connectivity index (χ3n) is 2.35. The molecular weight excluding hydrogens is 286 g/mol. The second kappa shape index (κ2) is 5.99. The van der Waals surface area contributed by atoms with Crippen molar-refractivity contribution < 1.29 is 4.79 Å². The van der Waals surface area contributed by atoms with Gasteiger partial charge in [0.25, 0.3) is 5.56 Å². The van der Waals surface area contributed by atoms with Gasteiger partial charge in [-0.25, -0.2) is 0 Å². The number of halogens is 1. The zero-order valence-corrected chi connectivity index (χ0v) is 11.6. The van der Waals surface area contributed by atoms with Crippen molar-refractivity contribution in [3.05, 3.63) is 50.9 Å². The molecule has 0 spiro atoms. The Hall–Kier alpha value is -1.66. The Balaban J connectivity index is 2.02. The van der Waals surface area contributed by atoms with Crippen LogP contribution in [0.3, 0.4) is 0 Å². The quantitative estimate of drug-likeness (QED) is 0.690. The molecule has 19 heavy (non-hydrogen) atoms. The molecule has 0 fully saturated rings. The van der Waals surface area contributed by atoms with Crippen molar-refractivity contribution in [1.29, 1.82) is 0 Å². The third-order valence-corrected chi connectivity index (χ3v) is 3.46. The minimum atomic E-state index is -0.295. The Morgan fingerprint density at radius 1 is 1.32 bits per heavy atom. The highest BCUT2D eigenvalue weighted by Crippen LogP contribution is 2.15. The number of thioether (sulfide) groups is 1. The summed E-state index contributed by atoms with van der Waals surface area (Å²) in [5.41, 5.74) is 0.573. The summed E-state index contributed by atoms with van der Waals surface area (Å²) in [5, 5.41) is 8.41. The molecule has 2 aromatic rings. The number of ketones is 1. The number of carbonyl (C=O) groups is 1. The van der Waals surface area contributed by atoms with E-state index in [0.717, 1.165) is 11.8 Å². The van der Waals surface area contributed by atoms with Gasteiger partial charge in [0.1, 0.15) is 5.69 Å². The molecule has 0 bridgehead atoms. The largest absolute Gasteiger partial charge is 0.298 e. The van der Waals surface area contributed by atoms with E-state index in [4.69, 9.17) is 11.6 Å². The van der Waals surface area contributed by atoms with Crippen LogP contribution in [0, 0.1) is 6.92 Å². The van der Waals surface area contributed by atoms with Crippen LogP contribution in [-0.4, -0.2) is 26.7 Å². The van der Waals surface area contributed by atoms with Crippen LogP contribution in [0.25, 0.3) is 0 Å². The highest BCUT2D eigenvalue weighted by atomic mass is 35.5. The maximum absolute atomic E-state index is 11.9. The molecule has 0 aliphatic rings. The lowest BCUT2D eigenvalue weighted by Crippen LogP contribution is -2.14. The normalized spacial score (nSPS) is 10.4. The van der Waals surface area contributed by atoms with Gasteiger partial charge in [-0.3, -0.25) is 14.6 Å². The Morgan fingerprint density at radius 3 is 2.63 bits per heavy atom. The molecule has 1 aromatic heterocycles. The Bertz CT molecular complexity index is 655. The summed E-state index contributed by atoms with van der Waals surface area (Å²) < 4.78 is 0. The molecule has 1 N–H and O–H groups in total. The van der Waals surface area contributed by atoms with Crippen LogP contribution in [-0.2, 0) is 0 Å². The predicted octanol–water partition coefficient (Wildman–Crippen LogP) is 2.10. The van der Waals surface area contributed by atoms with E-state index in [1.165, 1.54) is 0 Å². The lowest BCUT2D eigenvalue weighted by atomic mass is 10.1. The molecule has 7 heteroatoms. The fourth-order valence-electron chi connectivity index (χ4n) is 1.30. The van der Waals surface area contributed by atoms with Crippen molar-refractivity contribution in [2.75, 3.05) is 5.75 Å². The molecule has 98 valence electrons. The Kier molecular flexibility index (Phi) is 4.34. The summed E-state index contributed by atoms with van der Waals surface area (Å²) >= 11 is 6.89. The molecule has 0 aliphatic heterocycles. The molecule has 0 saturated heterocycles. The minimum absolute atomic E-state index is 0.0649. The topological polar surface area (TPSA) is 75.7 Å². The molecule has 0 aliphatic carbocycles. The van der Waals surface area contributed by atoms with Crippen molar-refractivity contribution in [2.45, 2.75) is 12.1 Å². The second-order valence-electron chi connectivity index (χ2n) is 3.76. The fourth-order valence-corrected chi connectivity index (χ4v) is 2.12. The van der Waals surface area contributed by atoms with Crippen molar-refractivity contribution in [3.8, 4) is 0 Å². The first kappa shape index (κ1) is 13.8. The highest BCUT2D eigenvalue weighted by molar-refractivity contribution is 7.99. The summed E-state index contributed by atoms with van der Waals surface area (Å²) in [5.74, 6) is 0.111. The number of carbonyl (C=O) groups excluding carboxylic acids is 1. The number of hydrogen-bond donors (Lipinski definition) is 1. The zero-order valence-electron chi connectivity index (χ0n) is 10.0. The molecule has 1 aromatic carbocycles. The average molecular weight is 296 g/mol. The number of aryl methyl sites for hydroxylation is 1. The second-order valence-corrected chi connectivity index (χ2v) is 5.16. The maximum Gasteiger partial charge on any atom is 0.273 e. The molecular formula is C12H10ClN3O2S. The van der Waals surface area contributed by atoms with Crippen LogP contribution in [0.5, 0.6) is 0 Å². The van der Waals surface area contributed by atoms with Crippen LogP contribution in [0.1, 0.15) is 16.1 Å². The summed E-state index contributed by atoms with van der Waals surface area (Å²) in [6.07, 6.45) is 0. The summed E-state index contributed by atoms with van der Waals surface area (Å²) in [4.78, 5) is 25.7. The van der Waals surface area contributed by atoms with Crippen LogP contribution in [0.15, 0.2) is 34.2 Å². The van der Waals surface area contributed by atoms with Crippen LogP contribution < -0.4 is 5.56 Å². The van der Waals surface area contributed by atoms with Crippen molar-refractivity contribution >= 4 is 29.1 Å². The van der Waals surface area contributed by atoms with E-state index >= 15 is 0 Å². The summed E-state index contributed by atoms with van der Waals surface area (Å²) in [6, 6.07) is 6.64. The number of benzene rings is 1. The maximum atomic E-state index is 11.9. The van der Waals surface area contributed by atoms with Crippen LogP contribution >= 0.6 is 23.4 Å². The van der Waals surface area contributed by atoms with E-state index < -0.39 is 0 Å². The van der Waals surface area contributed by atoms with E-state index in [2.05, 4.69) is 15.2 Å². The predicted molar refractivity (Wildman–Crippen MR) is 73.9 cm³/mol. The molecule has 0 atom stereocenters. The van der Waals surface area contributed by atoms with E-state index in [0.29, 0.717) is 21.4 Å². The molecule has 0 unspecified atom stereocenters. The van der Waals surface area contributed by atoms with Gasteiger partial charge in [0, 0.05) is 10.6 Å². The number of H-pyrrole nitrogens is 1. The molecule has 0 saturated carbocycles. The van der Waals surface area contributed by atoms with E-state index in [1.54, 1.807) is 31.2 Å². The van der Waals surface area contributed by atoms with Crippen molar-refractivity contribution in [3.63, 3.8) is 0 Å². The average Bonchev–Trinajstić information content (AvgIpc) is 2.40. The first-order chi connectivity index (χ1) is 9.06. The number of nitrogens with zero attached hydrogens (tertiary/aromatic N) is 2. The Labute approximate surface area is 118 Å². The van der Waals surface area contributed by atoms with Gasteiger partial charge in [0.15, 0.2) is 10.9 Å². The van der Waals surface area contributed by atoms with Gasteiger partial charge in [-0.1, -0.05) is 23.4 Å². The van der Waals surface area contributed by atoms with Gasteiger partial charge in [-0.2, -0.15) is 0 Å². The molecule has 5 nitrogen and oxygen atoms in total. The summed E-state index contributed by atoms with van der Waals surface area (Å²) in [6.45, 7) is 1.57. The highest BCUT2D eigenvalue weighted by Gasteiger charge is 2.08. The molecule has 0 radical (unpaired) electrons. The number of nitrogens with one attached hydrogen (secondary N) is 1. The van der Waals surface area contributed by atoms with Crippen molar-refractivity contribution in [2.24, 2.45) is 0 Å². The standard InChI is InChI=1S/C12H10ClN3O2S/c1-7-11(18)14-12(16-15-7)19-6-10(17)8-2-4-9(13)5-3-8/h2-5H,6H2,1H3,(H,14,16,18). The van der Waals surface area contributed by atoms with Crippen LogP contribution in [0.2, 0.25) is 5.02 Å². The number of aromatic nitrogens is 3. The van der Waals surface area contributed by atoms with Crippen molar-refractivity contribution in [1.82, 2.24) is 15.2 Å². The smallest absolute Gasteiger partial charge is 0.273 e. The minimum Gasteiger partial charge on any atom is -0.298 e. The van der Waals surface area contributed by atoms with E-state index in [-0.39, 0.29) is 17.1 Å². The summed E-state index contributed by atoms with van der Waals surface area (Å²) in [7, 11) is 0. The zero-order chi connectivity index (χ0) is 13.8. The number of hydrogen-bond acceptors (Lipinski definition) is 5. The van der Waals surface area contributed by atoms with Gasteiger partial charge in [0.2, 0.25) is 0 Å². The molecule has 1 heterocycles. The van der Waals surface area contributed by atoms with Crippen LogP contribution in [0.4, 0.5) is 0 Å². The lowest BCUT2D eigenvalue weighted by Gasteiger charge is -2.01. The first-order valence-corrected chi connectivity index (χ1v) is 6.78. The SMILES string of the molecule is Cc1nnc(SCC(=O)c2ccc(Cl)cc2)[nH]c1=O. The van der Waals surface area contributed by atoms with Gasteiger partial charge >= 0.3 is 0 Å². The monoisotopic (exact) mass is 295 g/mol. The number of aromatic amines is 1.